The predicted octanol–water partition coefficient (Wildman–Crippen LogP) is 2.48. The molecule has 6 nitrogen and oxygen atoms in total. The summed E-state index contributed by atoms with van der Waals surface area (Å²) >= 11 is 0. The Morgan fingerprint density at radius 3 is 2.40 bits per heavy atom. The lowest BCUT2D eigenvalue weighted by Gasteiger charge is -2.35. The van der Waals surface area contributed by atoms with E-state index in [0.29, 0.717) is 32.1 Å². The summed E-state index contributed by atoms with van der Waals surface area (Å²) in [6.07, 6.45) is 2.87. The molecule has 2 aliphatic heterocycles. The van der Waals surface area contributed by atoms with Crippen molar-refractivity contribution in [3.8, 4) is 0 Å². The maximum atomic E-state index is 12.4. The molecule has 0 aromatic heterocycles. The molecule has 25 heavy (non-hydrogen) atoms. The van der Waals surface area contributed by atoms with E-state index in [-0.39, 0.29) is 17.9 Å². The van der Waals surface area contributed by atoms with Crippen LogP contribution in [0.4, 0.5) is 4.79 Å². The lowest BCUT2D eigenvalue weighted by atomic mass is 9.98. The minimum absolute atomic E-state index is 0.0586. The third-order valence-corrected chi connectivity index (χ3v) is 5.22. The number of amides is 2. The van der Waals surface area contributed by atoms with Gasteiger partial charge >= 0.3 is 6.09 Å². The number of carbonyl (C=O) groups excluding carboxylic acids is 2. The second kappa shape index (κ2) is 8.39. The molecule has 2 fully saturated rings. The van der Waals surface area contributed by atoms with Crippen LogP contribution in [-0.2, 0) is 9.53 Å². The molecule has 2 unspecified atom stereocenters. The maximum absolute atomic E-state index is 12.4. The van der Waals surface area contributed by atoms with Crippen LogP contribution in [0.3, 0.4) is 0 Å². The summed E-state index contributed by atoms with van der Waals surface area (Å²) in [6.45, 7) is 14.0. The third-order valence-electron chi connectivity index (χ3n) is 5.22. The van der Waals surface area contributed by atoms with Crippen LogP contribution in [0.25, 0.3) is 0 Å². The van der Waals surface area contributed by atoms with E-state index in [4.69, 9.17) is 4.74 Å². The summed E-state index contributed by atoms with van der Waals surface area (Å²) in [5.41, 5.74) is -0.501. The van der Waals surface area contributed by atoms with Gasteiger partial charge in [-0.1, -0.05) is 6.92 Å². The van der Waals surface area contributed by atoms with E-state index in [9.17, 15) is 9.59 Å². The number of likely N-dealkylation sites (tertiary alicyclic amines) is 2. The standard InChI is InChI=1S/C19H35N3O3/c1-14-6-9-21(10-7-14)15(2)12-20-17(23)16-8-11-22(13-16)18(24)25-19(3,4)5/h14-16H,6-13H2,1-5H3,(H,20,23). The number of rotatable bonds is 4. The Hall–Kier alpha value is -1.30. The average molecular weight is 354 g/mol. The minimum atomic E-state index is -0.501. The van der Waals surface area contributed by atoms with Crippen LogP contribution in [0.1, 0.15) is 53.9 Å². The van der Waals surface area contributed by atoms with E-state index in [2.05, 4.69) is 24.1 Å². The van der Waals surface area contributed by atoms with Crippen LogP contribution in [0.5, 0.6) is 0 Å². The number of carbonyl (C=O) groups is 2. The first-order valence-electron chi connectivity index (χ1n) is 9.65. The lowest BCUT2D eigenvalue weighted by Crippen LogP contribution is -2.46. The second-order valence-corrected chi connectivity index (χ2v) is 8.72. The van der Waals surface area contributed by atoms with Crippen LogP contribution in [-0.4, -0.2) is 66.2 Å². The Bertz CT molecular complexity index is 467. The molecule has 144 valence electrons. The van der Waals surface area contributed by atoms with Crippen molar-refractivity contribution in [2.75, 3.05) is 32.7 Å². The summed E-state index contributed by atoms with van der Waals surface area (Å²) in [7, 11) is 0. The topological polar surface area (TPSA) is 61.9 Å². The fourth-order valence-corrected chi connectivity index (χ4v) is 3.46. The molecule has 0 aliphatic carbocycles. The van der Waals surface area contributed by atoms with E-state index >= 15 is 0 Å². The van der Waals surface area contributed by atoms with Gasteiger partial charge in [-0.3, -0.25) is 9.69 Å². The molecule has 0 aromatic rings. The molecule has 2 atom stereocenters. The molecular weight excluding hydrogens is 318 g/mol. The molecule has 2 saturated heterocycles. The van der Waals surface area contributed by atoms with Crippen molar-refractivity contribution in [1.82, 2.24) is 15.1 Å². The normalized spacial score (nSPS) is 24.2. The molecule has 2 aliphatic rings. The van der Waals surface area contributed by atoms with Crippen LogP contribution in [0.2, 0.25) is 0 Å². The van der Waals surface area contributed by atoms with Crippen LogP contribution in [0, 0.1) is 11.8 Å². The molecule has 0 bridgehead atoms. The molecule has 0 radical (unpaired) electrons. The SMILES string of the molecule is CC1CCN(C(C)CNC(=O)C2CCN(C(=O)OC(C)(C)C)C2)CC1. The zero-order chi connectivity index (χ0) is 18.6. The van der Waals surface area contributed by atoms with Gasteiger partial charge in [-0.05, 0) is 66.0 Å². The Balaban J connectivity index is 1.72. The van der Waals surface area contributed by atoms with Gasteiger partial charge in [0, 0.05) is 25.7 Å². The summed E-state index contributed by atoms with van der Waals surface area (Å²) in [4.78, 5) is 28.6. The molecule has 0 saturated carbocycles. The van der Waals surface area contributed by atoms with Gasteiger partial charge in [-0.2, -0.15) is 0 Å². The molecular formula is C19H35N3O3. The van der Waals surface area contributed by atoms with E-state index in [0.717, 1.165) is 19.0 Å². The van der Waals surface area contributed by atoms with Crippen molar-refractivity contribution in [3.05, 3.63) is 0 Å². The number of nitrogens with one attached hydrogen (secondary N) is 1. The van der Waals surface area contributed by atoms with Gasteiger partial charge in [0.15, 0.2) is 0 Å². The van der Waals surface area contributed by atoms with E-state index in [1.54, 1.807) is 4.90 Å². The fraction of sp³-hybridized carbons (Fsp3) is 0.895. The lowest BCUT2D eigenvalue weighted by molar-refractivity contribution is -0.124. The molecule has 2 heterocycles. The van der Waals surface area contributed by atoms with Gasteiger partial charge < -0.3 is 15.0 Å². The first-order valence-corrected chi connectivity index (χ1v) is 9.65. The summed E-state index contributed by atoms with van der Waals surface area (Å²) in [5.74, 6) is 0.750. The van der Waals surface area contributed by atoms with Crippen molar-refractivity contribution < 1.29 is 14.3 Å². The largest absolute Gasteiger partial charge is 0.444 e. The molecule has 6 heteroatoms. The predicted molar refractivity (Wildman–Crippen MR) is 98.4 cm³/mol. The average Bonchev–Trinajstić information content (AvgIpc) is 3.01. The second-order valence-electron chi connectivity index (χ2n) is 8.72. The number of hydrogen-bond donors (Lipinski definition) is 1. The Morgan fingerprint density at radius 2 is 1.80 bits per heavy atom. The Kier molecular flexibility index (Phi) is 6.72. The first-order chi connectivity index (χ1) is 11.7. The quantitative estimate of drug-likeness (QED) is 0.843. The van der Waals surface area contributed by atoms with Crippen LogP contribution < -0.4 is 5.32 Å². The molecule has 2 amide bonds. The highest BCUT2D eigenvalue weighted by atomic mass is 16.6. The number of ether oxygens (including phenoxy) is 1. The van der Waals surface area contributed by atoms with Crippen molar-refractivity contribution >= 4 is 12.0 Å². The molecule has 0 spiro atoms. The van der Waals surface area contributed by atoms with Gasteiger partial charge in [0.1, 0.15) is 5.60 Å². The first kappa shape index (κ1) is 20.0. The van der Waals surface area contributed by atoms with Gasteiger partial charge in [-0.15, -0.1) is 0 Å². The molecule has 2 rings (SSSR count). The van der Waals surface area contributed by atoms with Crippen LogP contribution in [0.15, 0.2) is 0 Å². The van der Waals surface area contributed by atoms with Gasteiger partial charge in [0.25, 0.3) is 0 Å². The smallest absolute Gasteiger partial charge is 0.410 e. The highest BCUT2D eigenvalue weighted by Crippen LogP contribution is 2.20. The molecule has 1 N–H and O–H groups in total. The van der Waals surface area contributed by atoms with Crippen molar-refractivity contribution in [3.63, 3.8) is 0 Å². The highest BCUT2D eigenvalue weighted by molar-refractivity contribution is 5.80. The fourth-order valence-electron chi connectivity index (χ4n) is 3.46. The van der Waals surface area contributed by atoms with Crippen LogP contribution >= 0.6 is 0 Å². The summed E-state index contributed by atoms with van der Waals surface area (Å²) < 4.78 is 5.38. The zero-order valence-electron chi connectivity index (χ0n) is 16.5. The van der Waals surface area contributed by atoms with E-state index < -0.39 is 5.60 Å². The summed E-state index contributed by atoms with van der Waals surface area (Å²) in [5, 5.41) is 3.08. The zero-order valence-corrected chi connectivity index (χ0v) is 16.5. The van der Waals surface area contributed by atoms with Gasteiger partial charge in [-0.25, -0.2) is 4.79 Å². The Labute approximate surface area is 152 Å². The minimum Gasteiger partial charge on any atom is -0.444 e. The highest BCUT2D eigenvalue weighted by Gasteiger charge is 2.33. The molecule has 0 aromatic carbocycles. The van der Waals surface area contributed by atoms with Gasteiger partial charge in [0.2, 0.25) is 5.91 Å². The van der Waals surface area contributed by atoms with Crippen molar-refractivity contribution in [1.29, 1.82) is 0 Å². The summed E-state index contributed by atoms with van der Waals surface area (Å²) in [6, 6.07) is 0.361. The number of piperidine rings is 1. The number of hydrogen-bond acceptors (Lipinski definition) is 4. The maximum Gasteiger partial charge on any atom is 0.410 e. The van der Waals surface area contributed by atoms with Crippen molar-refractivity contribution in [2.45, 2.75) is 65.5 Å². The van der Waals surface area contributed by atoms with Crippen molar-refractivity contribution in [2.24, 2.45) is 11.8 Å². The Morgan fingerprint density at radius 1 is 1.16 bits per heavy atom. The van der Waals surface area contributed by atoms with Gasteiger partial charge in [0.05, 0.1) is 5.92 Å². The number of nitrogens with zero attached hydrogens (tertiary/aromatic N) is 2. The van der Waals surface area contributed by atoms with E-state index in [1.165, 1.54) is 12.8 Å². The monoisotopic (exact) mass is 353 g/mol. The van der Waals surface area contributed by atoms with E-state index in [1.807, 2.05) is 20.8 Å². The third kappa shape index (κ3) is 6.17.